The van der Waals surface area contributed by atoms with Gasteiger partial charge in [0.2, 0.25) is 0 Å². The number of hydrogen-bond acceptors (Lipinski definition) is 3. The lowest BCUT2D eigenvalue weighted by Crippen LogP contribution is -2.27. The molecule has 1 fully saturated rings. The van der Waals surface area contributed by atoms with Crippen LogP contribution in [0.2, 0.25) is 0 Å². The van der Waals surface area contributed by atoms with E-state index in [1.54, 1.807) is 6.20 Å². The average molecular weight is 209 g/mol. The Balaban J connectivity index is 1.48. The lowest BCUT2D eigenvalue weighted by molar-refractivity contribution is 0.110. The third-order valence-electron chi connectivity index (χ3n) is 2.72. The second-order valence-corrected chi connectivity index (χ2v) is 3.98. The number of aromatic amines is 1. The Morgan fingerprint density at radius 3 is 3.33 bits per heavy atom. The quantitative estimate of drug-likeness (QED) is 0.690. The van der Waals surface area contributed by atoms with Crippen molar-refractivity contribution in [2.45, 2.75) is 31.8 Å². The van der Waals surface area contributed by atoms with Gasteiger partial charge in [0.05, 0.1) is 6.10 Å². The van der Waals surface area contributed by atoms with Crippen molar-refractivity contribution in [3.63, 3.8) is 0 Å². The molecule has 1 aliphatic rings. The first kappa shape index (κ1) is 10.6. The Morgan fingerprint density at radius 2 is 2.60 bits per heavy atom. The number of imidazole rings is 1. The fourth-order valence-electron chi connectivity index (χ4n) is 1.88. The molecule has 2 heterocycles. The van der Waals surface area contributed by atoms with E-state index in [2.05, 4.69) is 15.3 Å². The Bertz CT molecular complexity index is 255. The van der Waals surface area contributed by atoms with Gasteiger partial charge in [0.25, 0.3) is 0 Å². The molecule has 1 aliphatic heterocycles. The van der Waals surface area contributed by atoms with E-state index in [0.717, 1.165) is 38.4 Å². The first-order valence-corrected chi connectivity index (χ1v) is 5.76. The number of hydrogen-bond donors (Lipinski definition) is 2. The highest BCUT2D eigenvalue weighted by Gasteiger charge is 2.13. The molecule has 1 saturated heterocycles. The van der Waals surface area contributed by atoms with Gasteiger partial charge >= 0.3 is 0 Å². The zero-order valence-corrected chi connectivity index (χ0v) is 9.04. The molecule has 2 N–H and O–H groups in total. The van der Waals surface area contributed by atoms with Crippen molar-refractivity contribution >= 4 is 0 Å². The average Bonchev–Trinajstić information content (AvgIpc) is 2.88. The van der Waals surface area contributed by atoms with E-state index in [1.807, 2.05) is 6.20 Å². The van der Waals surface area contributed by atoms with E-state index >= 15 is 0 Å². The largest absolute Gasteiger partial charge is 0.377 e. The Kier molecular flexibility index (Phi) is 4.17. The Hall–Kier alpha value is -0.870. The lowest BCUT2D eigenvalue weighted by Gasteiger charge is -2.09. The maximum absolute atomic E-state index is 5.52. The topological polar surface area (TPSA) is 49.9 Å². The van der Waals surface area contributed by atoms with Gasteiger partial charge in [-0.1, -0.05) is 0 Å². The van der Waals surface area contributed by atoms with Crippen LogP contribution in [-0.4, -0.2) is 35.8 Å². The maximum Gasteiger partial charge on any atom is 0.106 e. The van der Waals surface area contributed by atoms with Crippen molar-refractivity contribution in [3.05, 3.63) is 18.2 Å². The van der Waals surface area contributed by atoms with Gasteiger partial charge in [-0.15, -0.1) is 0 Å². The van der Waals surface area contributed by atoms with Gasteiger partial charge in [-0.05, 0) is 25.8 Å². The van der Waals surface area contributed by atoms with Crippen molar-refractivity contribution in [1.82, 2.24) is 15.3 Å². The molecule has 0 saturated carbocycles. The van der Waals surface area contributed by atoms with E-state index in [0.29, 0.717) is 6.10 Å². The molecular weight excluding hydrogens is 190 g/mol. The number of nitrogens with one attached hydrogen (secondary N) is 2. The molecule has 0 spiro atoms. The predicted molar refractivity (Wildman–Crippen MR) is 58.8 cm³/mol. The van der Waals surface area contributed by atoms with Crippen molar-refractivity contribution < 1.29 is 4.74 Å². The van der Waals surface area contributed by atoms with E-state index in [-0.39, 0.29) is 0 Å². The van der Waals surface area contributed by atoms with E-state index < -0.39 is 0 Å². The van der Waals surface area contributed by atoms with E-state index in [4.69, 9.17) is 4.74 Å². The number of rotatable bonds is 6. The van der Waals surface area contributed by atoms with E-state index in [9.17, 15) is 0 Å². The zero-order valence-electron chi connectivity index (χ0n) is 9.04. The maximum atomic E-state index is 5.52. The Labute approximate surface area is 90.4 Å². The SMILES string of the molecule is c1c[nH]c(CCCNCC2CCCO2)n1. The molecule has 0 amide bonds. The van der Waals surface area contributed by atoms with Crippen LogP contribution < -0.4 is 5.32 Å². The molecule has 4 nitrogen and oxygen atoms in total. The van der Waals surface area contributed by atoms with Crippen LogP contribution in [0.5, 0.6) is 0 Å². The molecule has 2 rings (SSSR count). The third-order valence-corrected chi connectivity index (χ3v) is 2.72. The minimum Gasteiger partial charge on any atom is -0.377 e. The van der Waals surface area contributed by atoms with Gasteiger partial charge in [-0.2, -0.15) is 0 Å². The highest BCUT2D eigenvalue weighted by atomic mass is 16.5. The summed E-state index contributed by atoms with van der Waals surface area (Å²) in [7, 11) is 0. The molecule has 15 heavy (non-hydrogen) atoms. The Morgan fingerprint density at radius 1 is 1.60 bits per heavy atom. The summed E-state index contributed by atoms with van der Waals surface area (Å²) in [4.78, 5) is 7.29. The fraction of sp³-hybridized carbons (Fsp3) is 0.727. The molecule has 1 unspecified atom stereocenters. The zero-order chi connectivity index (χ0) is 10.3. The van der Waals surface area contributed by atoms with Crippen molar-refractivity contribution in [1.29, 1.82) is 0 Å². The minimum atomic E-state index is 0.452. The fourth-order valence-corrected chi connectivity index (χ4v) is 1.88. The van der Waals surface area contributed by atoms with Crippen LogP contribution in [0.3, 0.4) is 0 Å². The highest BCUT2D eigenvalue weighted by Crippen LogP contribution is 2.10. The number of H-pyrrole nitrogens is 1. The van der Waals surface area contributed by atoms with Gasteiger partial charge in [0.1, 0.15) is 5.82 Å². The summed E-state index contributed by atoms with van der Waals surface area (Å²) in [5, 5.41) is 3.42. The van der Waals surface area contributed by atoms with Crippen LogP contribution in [0.1, 0.15) is 25.1 Å². The molecule has 1 aromatic rings. The molecule has 0 bridgehead atoms. The van der Waals surface area contributed by atoms with Crippen LogP contribution in [0.25, 0.3) is 0 Å². The van der Waals surface area contributed by atoms with Crippen LogP contribution >= 0.6 is 0 Å². The van der Waals surface area contributed by atoms with Crippen LogP contribution in [0.15, 0.2) is 12.4 Å². The molecule has 0 radical (unpaired) electrons. The second-order valence-electron chi connectivity index (χ2n) is 3.98. The van der Waals surface area contributed by atoms with Crippen LogP contribution in [0.4, 0.5) is 0 Å². The molecule has 1 atom stereocenters. The van der Waals surface area contributed by atoms with Gasteiger partial charge in [-0.3, -0.25) is 0 Å². The molecule has 1 aromatic heterocycles. The molecule has 4 heteroatoms. The monoisotopic (exact) mass is 209 g/mol. The lowest BCUT2D eigenvalue weighted by atomic mass is 10.2. The van der Waals surface area contributed by atoms with Gasteiger partial charge in [0.15, 0.2) is 0 Å². The predicted octanol–water partition coefficient (Wildman–Crippen LogP) is 1.11. The summed E-state index contributed by atoms with van der Waals surface area (Å²) in [6.07, 6.45) is 8.70. The van der Waals surface area contributed by atoms with Gasteiger partial charge < -0.3 is 15.0 Å². The minimum absolute atomic E-state index is 0.452. The number of ether oxygens (including phenoxy) is 1. The summed E-state index contributed by atoms with van der Waals surface area (Å²) in [6, 6.07) is 0. The normalized spacial score (nSPS) is 20.9. The van der Waals surface area contributed by atoms with Gasteiger partial charge in [0, 0.05) is 32.0 Å². The number of aryl methyl sites for hydroxylation is 1. The standard InChI is InChI=1S/C11H19N3O/c1(4-11-13-6-7-14-11)5-12-9-10-3-2-8-15-10/h6-7,10,12H,1-5,8-9H2,(H,13,14). The molecule has 0 aromatic carbocycles. The summed E-state index contributed by atoms with van der Waals surface area (Å²) in [6.45, 7) is 2.98. The van der Waals surface area contributed by atoms with E-state index in [1.165, 1.54) is 12.8 Å². The number of nitrogens with zero attached hydrogens (tertiary/aromatic N) is 1. The van der Waals surface area contributed by atoms with Crippen LogP contribution in [-0.2, 0) is 11.2 Å². The summed E-state index contributed by atoms with van der Waals surface area (Å²) >= 11 is 0. The van der Waals surface area contributed by atoms with Crippen molar-refractivity contribution in [2.24, 2.45) is 0 Å². The third kappa shape index (κ3) is 3.64. The smallest absolute Gasteiger partial charge is 0.106 e. The van der Waals surface area contributed by atoms with Crippen LogP contribution in [0, 0.1) is 0 Å². The summed E-state index contributed by atoms with van der Waals surface area (Å²) in [5.41, 5.74) is 0. The van der Waals surface area contributed by atoms with Gasteiger partial charge in [-0.25, -0.2) is 4.98 Å². The first-order chi connectivity index (χ1) is 7.45. The highest BCUT2D eigenvalue weighted by molar-refractivity contribution is 4.86. The number of aromatic nitrogens is 2. The molecule has 84 valence electrons. The molecular formula is C11H19N3O. The molecule has 0 aliphatic carbocycles. The second kappa shape index (κ2) is 5.88. The van der Waals surface area contributed by atoms with Crippen molar-refractivity contribution in [3.8, 4) is 0 Å². The summed E-state index contributed by atoms with van der Waals surface area (Å²) in [5.74, 6) is 1.08. The first-order valence-electron chi connectivity index (χ1n) is 5.76. The van der Waals surface area contributed by atoms with Crippen molar-refractivity contribution in [2.75, 3.05) is 19.7 Å². The summed E-state index contributed by atoms with van der Waals surface area (Å²) < 4.78 is 5.52.